The number of benzene rings is 2. The molecule has 32 heavy (non-hydrogen) atoms. The molecule has 0 spiro atoms. The van der Waals surface area contributed by atoms with Gasteiger partial charge in [-0.15, -0.1) is 11.3 Å². The molecule has 7 heteroatoms. The molecule has 0 saturated heterocycles. The van der Waals surface area contributed by atoms with E-state index < -0.39 is 0 Å². The highest BCUT2D eigenvalue weighted by molar-refractivity contribution is 9.10. The number of halogens is 1. The number of hydrogen-bond acceptors (Lipinski definition) is 4. The van der Waals surface area contributed by atoms with Gasteiger partial charge in [0, 0.05) is 11.8 Å². The first-order valence-electron chi connectivity index (χ1n) is 10.2. The Morgan fingerprint density at radius 2 is 1.81 bits per heavy atom. The number of ether oxygens (including phenoxy) is 1. The second kappa shape index (κ2) is 9.71. The lowest BCUT2D eigenvalue weighted by molar-refractivity contribution is 0.103. The lowest BCUT2D eigenvalue weighted by Crippen LogP contribution is -2.11. The molecule has 0 aliphatic heterocycles. The second-order valence-corrected chi connectivity index (χ2v) is 9.61. The van der Waals surface area contributed by atoms with Crippen LogP contribution in [0, 0.1) is 20.8 Å². The summed E-state index contributed by atoms with van der Waals surface area (Å²) < 4.78 is 8.50. The molecule has 1 amide bonds. The number of nitrogens with one attached hydrogen (secondary N) is 1. The minimum atomic E-state index is -0.186. The number of nitrogens with zero attached hydrogens (tertiary/aromatic N) is 2. The summed E-state index contributed by atoms with van der Waals surface area (Å²) in [6.07, 6.45) is 1.87. The van der Waals surface area contributed by atoms with Crippen molar-refractivity contribution in [2.24, 2.45) is 0 Å². The zero-order chi connectivity index (χ0) is 22.7. The molecule has 0 bridgehead atoms. The van der Waals surface area contributed by atoms with Crippen LogP contribution in [0.15, 0.2) is 64.6 Å². The van der Waals surface area contributed by atoms with Crippen molar-refractivity contribution in [1.29, 1.82) is 0 Å². The van der Waals surface area contributed by atoms with Crippen LogP contribution in [0.3, 0.4) is 0 Å². The number of aromatic nitrogens is 2. The van der Waals surface area contributed by atoms with E-state index >= 15 is 0 Å². The standard InChI is InChI=1S/C25H24BrN3O2S/c1-16-5-8-19(9-6-16)12-29-13-21(26)24(28-29)27-25(30)23-11-20(15-32-23)14-31-22-10-17(2)4-7-18(22)3/h4-11,13,15H,12,14H2,1-3H3,(H,27,28,30). The number of aryl methyl sites for hydroxylation is 3. The summed E-state index contributed by atoms with van der Waals surface area (Å²) in [6.45, 7) is 7.18. The Kier molecular flexibility index (Phi) is 6.77. The normalized spacial score (nSPS) is 10.9. The Morgan fingerprint density at radius 3 is 2.59 bits per heavy atom. The smallest absolute Gasteiger partial charge is 0.266 e. The van der Waals surface area contributed by atoms with Crippen LogP contribution >= 0.6 is 27.3 Å². The van der Waals surface area contributed by atoms with E-state index in [2.05, 4.69) is 63.6 Å². The van der Waals surface area contributed by atoms with Crippen LogP contribution in [0.5, 0.6) is 5.75 Å². The third-order valence-electron chi connectivity index (χ3n) is 5.03. The highest BCUT2D eigenvalue weighted by atomic mass is 79.9. The van der Waals surface area contributed by atoms with Gasteiger partial charge in [0.15, 0.2) is 5.82 Å². The second-order valence-electron chi connectivity index (χ2n) is 7.84. The number of amides is 1. The molecule has 0 unspecified atom stereocenters. The van der Waals surface area contributed by atoms with E-state index in [1.54, 1.807) is 0 Å². The van der Waals surface area contributed by atoms with E-state index in [1.807, 2.05) is 48.3 Å². The lowest BCUT2D eigenvalue weighted by Gasteiger charge is -2.08. The van der Waals surface area contributed by atoms with Crippen LogP contribution in [0.4, 0.5) is 5.82 Å². The van der Waals surface area contributed by atoms with Gasteiger partial charge >= 0.3 is 0 Å². The molecule has 0 saturated carbocycles. The van der Waals surface area contributed by atoms with Crippen molar-refractivity contribution in [3.05, 3.63) is 97.3 Å². The average molecular weight is 510 g/mol. The first-order chi connectivity index (χ1) is 15.4. The van der Waals surface area contributed by atoms with Gasteiger partial charge in [0.2, 0.25) is 0 Å². The molecule has 2 heterocycles. The van der Waals surface area contributed by atoms with Crippen molar-refractivity contribution in [1.82, 2.24) is 9.78 Å². The maximum Gasteiger partial charge on any atom is 0.266 e. The maximum atomic E-state index is 12.7. The van der Waals surface area contributed by atoms with Crippen molar-refractivity contribution in [3.8, 4) is 5.75 Å². The van der Waals surface area contributed by atoms with Crippen LogP contribution in [-0.4, -0.2) is 15.7 Å². The van der Waals surface area contributed by atoms with Gasteiger partial charge in [-0.2, -0.15) is 5.10 Å². The number of anilines is 1. The van der Waals surface area contributed by atoms with Crippen molar-refractivity contribution >= 4 is 39.0 Å². The molecule has 5 nitrogen and oxygen atoms in total. The highest BCUT2D eigenvalue weighted by Gasteiger charge is 2.15. The maximum absolute atomic E-state index is 12.7. The molecular weight excluding hydrogens is 486 g/mol. The highest BCUT2D eigenvalue weighted by Crippen LogP contribution is 2.25. The molecule has 0 aliphatic carbocycles. The van der Waals surface area contributed by atoms with E-state index in [-0.39, 0.29) is 5.91 Å². The van der Waals surface area contributed by atoms with Gasteiger partial charge < -0.3 is 10.1 Å². The lowest BCUT2D eigenvalue weighted by atomic mass is 10.1. The fraction of sp³-hybridized carbons (Fsp3) is 0.200. The predicted molar refractivity (Wildman–Crippen MR) is 133 cm³/mol. The van der Waals surface area contributed by atoms with Crippen molar-refractivity contribution in [3.63, 3.8) is 0 Å². The van der Waals surface area contributed by atoms with Gasteiger partial charge in [-0.1, -0.05) is 42.0 Å². The van der Waals surface area contributed by atoms with E-state index in [1.165, 1.54) is 16.9 Å². The van der Waals surface area contributed by atoms with Crippen LogP contribution in [0.1, 0.15) is 37.5 Å². The molecule has 0 atom stereocenters. The summed E-state index contributed by atoms with van der Waals surface area (Å²) >= 11 is 4.89. The molecule has 4 rings (SSSR count). The summed E-state index contributed by atoms with van der Waals surface area (Å²) in [5.41, 5.74) is 5.58. The quantitative estimate of drug-likeness (QED) is 0.308. The Balaban J connectivity index is 1.38. The van der Waals surface area contributed by atoms with Crippen molar-refractivity contribution in [2.75, 3.05) is 5.32 Å². The zero-order valence-corrected chi connectivity index (χ0v) is 20.6. The minimum absolute atomic E-state index is 0.186. The molecular formula is C25H24BrN3O2S. The summed E-state index contributed by atoms with van der Waals surface area (Å²) in [6, 6.07) is 16.3. The van der Waals surface area contributed by atoms with Gasteiger partial charge in [0.05, 0.1) is 15.9 Å². The van der Waals surface area contributed by atoms with Crippen molar-refractivity contribution < 1.29 is 9.53 Å². The summed E-state index contributed by atoms with van der Waals surface area (Å²) in [4.78, 5) is 13.4. The third kappa shape index (κ3) is 5.47. The molecule has 0 aliphatic rings. The SMILES string of the molecule is Cc1ccc(Cn2cc(Br)c(NC(=O)c3cc(COc4cc(C)ccc4C)cs3)n2)cc1. The summed E-state index contributed by atoms with van der Waals surface area (Å²) in [7, 11) is 0. The number of rotatable bonds is 7. The van der Waals surface area contributed by atoms with E-state index in [0.29, 0.717) is 23.8 Å². The first-order valence-corrected chi connectivity index (χ1v) is 11.9. The molecule has 4 aromatic rings. The van der Waals surface area contributed by atoms with Gasteiger partial charge in [-0.25, -0.2) is 0 Å². The predicted octanol–water partition coefficient (Wildman–Crippen LogP) is 6.51. The molecule has 0 radical (unpaired) electrons. The minimum Gasteiger partial charge on any atom is -0.489 e. The summed E-state index contributed by atoms with van der Waals surface area (Å²) in [5.74, 6) is 1.18. The largest absolute Gasteiger partial charge is 0.489 e. The van der Waals surface area contributed by atoms with Crippen molar-refractivity contribution in [2.45, 2.75) is 33.9 Å². The Hall–Kier alpha value is -2.90. The number of carbonyl (C=O) groups excluding carboxylic acids is 1. The van der Waals surface area contributed by atoms with Gasteiger partial charge in [-0.3, -0.25) is 9.48 Å². The van der Waals surface area contributed by atoms with E-state index in [0.717, 1.165) is 32.5 Å². The average Bonchev–Trinajstić information content (AvgIpc) is 3.37. The molecule has 2 aromatic heterocycles. The van der Waals surface area contributed by atoms with Gasteiger partial charge in [-0.05, 0) is 70.9 Å². The zero-order valence-electron chi connectivity index (χ0n) is 18.2. The fourth-order valence-corrected chi connectivity index (χ4v) is 4.41. The monoisotopic (exact) mass is 509 g/mol. The van der Waals surface area contributed by atoms with Gasteiger partial charge in [0.25, 0.3) is 5.91 Å². The Labute approximate surface area is 200 Å². The van der Waals surface area contributed by atoms with E-state index in [9.17, 15) is 4.79 Å². The third-order valence-corrected chi connectivity index (χ3v) is 6.59. The Bertz CT molecular complexity index is 1240. The topological polar surface area (TPSA) is 56.2 Å². The molecule has 0 fully saturated rings. The number of thiophene rings is 1. The summed E-state index contributed by atoms with van der Waals surface area (Å²) in [5, 5.41) is 9.36. The Morgan fingerprint density at radius 1 is 1.06 bits per heavy atom. The molecule has 1 N–H and O–H groups in total. The fourth-order valence-electron chi connectivity index (χ4n) is 3.21. The number of carbonyl (C=O) groups is 1. The van der Waals surface area contributed by atoms with Crippen LogP contribution < -0.4 is 10.1 Å². The first kappa shape index (κ1) is 22.3. The van der Waals surface area contributed by atoms with Crippen LogP contribution in [0.25, 0.3) is 0 Å². The van der Waals surface area contributed by atoms with Crippen LogP contribution in [0.2, 0.25) is 0 Å². The molecule has 2 aromatic carbocycles. The van der Waals surface area contributed by atoms with Crippen LogP contribution in [-0.2, 0) is 13.2 Å². The van der Waals surface area contributed by atoms with Gasteiger partial charge in [0.1, 0.15) is 12.4 Å². The molecule has 164 valence electrons. The van der Waals surface area contributed by atoms with E-state index in [4.69, 9.17) is 4.74 Å². The number of hydrogen-bond donors (Lipinski definition) is 1.